The van der Waals surface area contributed by atoms with Gasteiger partial charge in [0, 0.05) is 16.1 Å². The van der Waals surface area contributed by atoms with Crippen LogP contribution in [0.15, 0.2) is 45.3 Å². The van der Waals surface area contributed by atoms with Crippen LogP contribution in [-0.4, -0.2) is 6.04 Å². The second-order valence-corrected chi connectivity index (χ2v) is 5.22. The summed E-state index contributed by atoms with van der Waals surface area (Å²) in [5.74, 6) is 1.88. The molecule has 0 unspecified atom stereocenters. The first-order valence-electron chi connectivity index (χ1n) is 5.73. The molecule has 0 fully saturated rings. The number of hydrogen-bond donors (Lipinski definition) is 1. The molecular formula is C14H16BrNO. The highest BCUT2D eigenvalue weighted by molar-refractivity contribution is 9.10. The zero-order valence-electron chi connectivity index (χ0n) is 10.0. The smallest absolute Gasteiger partial charge is 0.134 e. The van der Waals surface area contributed by atoms with E-state index in [-0.39, 0.29) is 0 Å². The molecule has 0 radical (unpaired) electrons. The molecule has 0 aliphatic carbocycles. The standard InChI is InChI=1S/C14H16BrNO/c1-10(2)16-9-13-7-8-14(17-13)11-3-5-12(15)6-4-11/h3-8,10,16H,9H2,1-2H3. The van der Waals surface area contributed by atoms with E-state index in [1.165, 1.54) is 0 Å². The van der Waals surface area contributed by atoms with E-state index in [2.05, 4.69) is 35.1 Å². The van der Waals surface area contributed by atoms with Gasteiger partial charge in [-0.05, 0) is 24.3 Å². The third-order valence-electron chi connectivity index (χ3n) is 2.47. The van der Waals surface area contributed by atoms with Gasteiger partial charge in [-0.15, -0.1) is 0 Å². The Balaban J connectivity index is 2.10. The number of rotatable bonds is 4. The molecule has 0 amide bonds. The first-order valence-corrected chi connectivity index (χ1v) is 6.52. The Kier molecular flexibility index (Phi) is 4.02. The molecule has 2 rings (SSSR count). The fraction of sp³-hybridized carbons (Fsp3) is 0.286. The molecule has 90 valence electrons. The second-order valence-electron chi connectivity index (χ2n) is 4.31. The van der Waals surface area contributed by atoms with Gasteiger partial charge in [0.2, 0.25) is 0 Å². The number of furan rings is 1. The Hall–Kier alpha value is -1.06. The van der Waals surface area contributed by atoms with E-state index < -0.39 is 0 Å². The fourth-order valence-corrected chi connectivity index (χ4v) is 1.81. The van der Waals surface area contributed by atoms with Crippen molar-refractivity contribution in [2.24, 2.45) is 0 Å². The minimum absolute atomic E-state index is 0.469. The highest BCUT2D eigenvalue weighted by Gasteiger charge is 2.04. The maximum atomic E-state index is 5.78. The average molecular weight is 294 g/mol. The zero-order valence-corrected chi connectivity index (χ0v) is 11.6. The van der Waals surface area contributed by atoms with Crippen molar-refractivity contribution in [2.75, 3.05) is 0 Å². The van der Waals surface area contributed by atoms with Gasteiger partial charge in [-0.1, -0.05) is 41.9 Å². The summed E-state index contributed by atoms with van der Waals surface area (Å²) in [6.45, 7) is 5.02. The van der Waals surface area contributed by atoms with Crippen LogP contribution in [-0.2, 0) is 6.54 Å². The molecule has 0 saturated heterocycles. The first-order chi connectivity index (χ1) is 8.15. The molecule has 2 aromatic rings. The largest absolute Gasteiger partial charge is 0.460 e. The first kappa shape index (κ1) is 12.4. The van der Waals surface area contributed by atoms with Gasteiger partial charge in [0.05, 0.1) is 6.54 Å². The Morgan fingerprint density at radius 2 is 1.82 bits per heavy atom. The van der Waals surface area contributed by atoms with Crippen molar-refractivity contribution in [3.05, 3.63) is 46.6 Å². The van der Waals surface area contributed by atoms with Crippen molar-refractivity contribution in [3.8, 4) is 11.3 Å². The lowest BCUT2D eigenvalue weighted by molar-refractivity contribution is 0.473. The maximum absolute atomic E-state index is 5.78. The van der Waals surface area contributed by atoms with Crippen LogP contribution >= 0.6 is 15.9 Å². The Morgan fingerprint density at radius 3 is 2.47 bits per heavy atom. The number of hydrogen-bond acceptors (Lipinski definition) is 2. The molecular weight excluding hydrogens is 278 g/mol. The Bertz CT molecular complexity index is 473. The summed E-state index contributed by atoms with van der Waals surface area (Å²) in [7, 11) is 0. The minimum atomic E-state index is 0.469. The van der Waals surface area contributed by atoms with Gasteiger partial charge in [0.15, 0.2) is 0 Å². The molecule has 0 aliphatic rings. The maximum Gasteiger partial charge on any atom is 0.134 e. The highest BCUT2D eigenvalue weighted by Crippen LogP contribution is 2.23. The summed E-state index contributed by atoms with van der Waals surface area (Å²) in [4.78, 5) is 0. The minimum Gasteiger partial charge on any atom is -0.460 e. The fourth-order valence-electron chi connectivity index (χ4n) is 1.55. The molecule has 0 bridgehead atoms. The molecule has 0 aliphatic heterocycles. The van der Waals surface area contributed by atoms with Crippen LogP contribution in [0.25, 0.3) is 11.3 Å². The number of benzene rings is 1. The Labute approximate surface area is 110 Å². The summed E-state index contributed by atoms with van der Waals surface area (Å²) < 4.78 is 6.86. The van der Waals surface area contributed by atoms with Crippen LogP contribution in [0.2, 0.25) is 0 Å². The van der Waals surface area contributed by atoms with E-state index in [0.717, 1.165) is 28.1 Å². The molecule has 3 heteroatoms. The van der Waals surface area contributed by atoms with Crippen LogP contribution in [0.3, 0.4) is 0 Å². The van der Waals surface area contributed by atoms with Gasteiger partial charge in [-0.3, -0.25) is 0 Å². The zero-order chi connectivity index (χ0) is 12.3. The van der Waals surface area contributed by atoms with Gasteiger partial charge in [0.25, 0.3) is 0 Å². The lowest BCUT2D eigenvalue weighted by Crippen LogP contribution is -2.21. The van der Waals surface area contributed by atoms with Crippen LogP contribution in [0.5, 0.6) is 0 Å². The normalized spacial score (nSPS) is 11.1. The molecule has 1 N–H and O–H groups in total. The van der Waals surface area contributed by atoms with Crippen LogP contribution < -0.4 is 5.32 Å². The molecule has 17 heavy (non-hydrogen) atoms. The summed E-state index contributed by atoms with van der Waals surface area (Å²) >= 11 is 3.42. The van der Waals surface area contributed by atoms with Gasteiger partial charge in [0.1, 0.15) is 11.5 Å². The predicted octanol–water partition coefficient (Wildman–Crippen LogP) is 4.21. The van der Waals surface area contributed by atoms with E-state index in [1.807, 2.05) is 36.4 Å². The number of nitrogens with one attached hydrogen (secondary N) is 1. The van der Waals surface area contributed by atoms with E-state index in [4.69, 9.17) is 4.42 Å². The monoisotopic (exact) mass is 293 g/mol. The predicted molar refractivity (Wildman–Crippen MR) is 73.8 cm³/mol. The van der Waals surface area contributed by atoms with Crippen LogP contribution in [0, 0.1) is 0 Å². The van der Waals surface area contributed by atoms with Crippen LogP contribution in [0.4, 0.5) is 0 Å². The van der Waals surface area contributed by atoms with E-state index >= 15 is 0 Å². The molecule has 1 aromatic carbocycles. The van der Waals surface area contributed by atoms with Gasteiger partial charge in [-0.2, -0.15) is 0 Å². The molecule has 1 heterocycles. The molecule has 0 spiro atoms. The Morgan fingerprint density at radius 1 is 1.12 bits per heavy atom. The summed E-state index contributed by atoms with van der Waals surface area (Å²) in [6.07, 6.45) is 0. The van der Waals surface area contributed by atoms with Gasteiger partial charge >= 0.3 is 0 Å². The van der Waals surface area contributed by atoms with Crippen molar-refractivity contribution < 1.29 is 4.42 Å². The van der Waals surface area contributed by atoms with Crippen molar-refractivity contribution in [2.45, 2.75) is 26.4 Å². The average Bonchev–Trinajstić information content (AvgIpc) is 2.76. The van der Waals surface area contributed by atoms with E-state index in [1.54, 1.807) is 0 Å². The third kappa shape index (κ3) is 3.45. The summed E-state index contributed by atoms with van der Waals surface area (Å²) in [5, 5.41) is 3.33. The molecule has 0 atom stereocenters. The molecule has 0 saturated carbocycles. The second kappa shape index (κ2) is 5.52. The topological polar surface area (TPSA) is 25.2 Å². The third-order valence-corrected chi connectivity index (χ3v) is 3.00. The van der Waals surface area contributed by atoms with Gasteiger partial charge in [-0.25, -0.2) is 0 Å². The lowest BCUT2D eigenvalue weighted by atomic mass is 10.2. The lowest BCUT2D eigenvalue weighted by Gasteiger charge is -2.05. The number of halogens is 1. The van der Waals surface area contributed by atoms with Crippen molar-refractivity contribution in [1.82, 2.24) is 5.32 Å². The molecule has 2 nitrogen and oxygen atoms in total. The van der Waals surface area contributed by atoms with E-state index in [0.29, 0.717) is 6.04 Å². The van der Waals surface area contributed by atoms with Gasteiger partial charge < -0.3 is 9.73 Å². The van der Waals surface area contributed by atoms with E-state index in [9.17, 15) is 0 Å². The van der Waals surface area contributed by atoms with Crippen molar-refractivity contribution in [3.63, 3.8) is 0 Å². The molecule has 1 aromatic heterocycles. The van der Waals surface area contributed by atoms with Crippen molar-refractivity contribution >= 4 is 15.9 Å². The van der Waals surface area contributed by atoms with Crippen LogP contribution in [0.1, 0.15) is 19.6 Å². The SMILES string of the molecule is CC(C)NCc1ccc(-c2ccc(Br)cc2)o1. The summed E-state index contributed by atoms with van der Waals surface area (Å²) in [6, 6.07) is 12.6. The van der Waals surface area contributed by atoms with Crippen molar-refractivity contribution in [1.29, 1.82) is 0 Å². The highest BCUT2D eigenvalue weighted by atomic mass is 79.9. The summed E-state index contributed by atoms with van der Waals surface area (Å²) in [5.41, 5.74) is 1.10. The quantitative estimate of drug-likeness (QED) is 0.914.